The Morgan fingerprint density at radius 3 is 2.62 bits per heavy atom. The summed E-state index contributed by atoms with van der Waals surface area (Å²) in [4.78, 5) is 2.73. The molecular weight excluding hydrogens is 297 g/mol. The molecule has 1 aromatic carbocycles. The predicted octanol–water partition coefficient (Wildman–Crippen LogP) is 3.38. The number of nitrogens with one attached hydrogen (secondary N) is 1. The van der Waals surface area contributed by atoms with Gasteiger partial charge in [0.1, 0.15) is 0 Å². The Hall–Kier alpha value is -0.720. The molecule has 0 spiro atoms. The summed E-state index contributed by atoms with van der Waals surface area (Å²) in [5, 5.41) is 3.35. The van der Waals surface area contributed by atoms with Crippen molar-refractivity contribution in [1.29, 1.82) is 0 Å². The van der Waals surface area contributed by atoms with Gasteiger partial charge in [0.25, 0.3) is 0 Å². The first-order valence-electron chi connectivity index (χ1n) is 7.09. The molecule has 1 aromatic rings. The number of likely N-dealkylation sites (tertiary alicyclic amines) is 1. The minimum Gasteiger partial charge on any atom is -0.312 e. The van der Waals surface area contributed by atoms with Crippen LogP contribution in [0.1, 0.15) is 12.0 Å². The molecule has 1 fully saturated rings. The summed E-state index contributed by atoms with van der Waals surface area (Å²) >= 11 is 1.71. The quantitative estimate of drug-likeness (QED) is 0.810. The Bertz CT molecular complexity index is 434. The third-order valence-electron chi connectivity index (χ3n) is 3.69. The van der Waals surface area contributed by atoms with Gasteiger partial charge >= 0.3 is 6.18 Å². The predicted molar refractivity (Wildman–Crippen MR) is 80.5 cm³/mol. The maximum Gasteiger partial charge on any atom is 0.401 e. The topological polar surface area (TPSA) is 15.3 Å². The standard InChI is InChI=1S/C15H21F3N2S/c1-21-14-4-2-12(3-5-14)8-19-9-13-6-7-20(10-13)11-15(16,17)18/h2-5,13,19H,6-11H2,1H3. The number of nitrogens with zero attached hydrogens (tertiary/aromatic N) is 1. The average molecular weight is 318 g/mol. The van der Waals surface area contributed by atoms with Crippen LogP contribution < -0.4 is 5.32 Å². The number of hydrogen-bond donors (Lipinski definition) is 1. The van der Waals surface area contributed by atoms with E-state index in [1.54, 1.807) is 11.8 Å². The average Bonchev–Trinajstić information content (AvgIpc) is 2.85. The Kier molecular flexibility index (Phi) is 5.96. The van der Waals surface area contributed by atoms with Crippen molar-refractivity contribution in [2.45, 2.75) is 24.0 Å². The van der Waals surface area contributed by atoms with Crippen LogP contribution in [0.3, 0.4) is 0 Å². The largest absolute Gasteiger partial charge is 0.401 e. The van der Waals surface area contributed by atoms with Gasteiger partial charge in [0.15, 0.2) is 0 Å². The number of thioether (sulfide) groups is 1. The van der Waals surface area contributed by atoms with E-state index in [9.17, 15) is 13.2 Å². The van der Waals surface area contributed by atoms with Gasteiger partial charge < -0.3 is 5.32 Å². The molecule has 6 heteroatoms. The van der Waals surface area contributed by atoms with Crippen molar-refractivity contribution in [3.05, 3.63) is 29.8 Å². The van der Waals surface area contributed by atoms with Crippen molar-refractivity contribution in [2.75, 3.05) is 32.4 Å². The smallest absolute Gasteiger partial charge is 0.312 e. The van der Waals surface area contributed by atoms with Crippen molar-refractivity contribution in [1.82, 2.24) is 10.2 Å². The van der Waals surface area contributed by atoms with Crippen molar-refractivity contribution < 1.29 is 13.2 Å². The van der Waals surface area contributed by atoms with Crippen LogP contribution >= 0.6 is 11.8 Å². The second-order valence-corrected chi connectivity index (χ2v) is 6.36. The van der Waals surface area contributed by atoms with Crippen LogP contribution in [0.25, 0.3) is 0 Å². The fourth-order valence-electron chi connectivity index (χ4n) is 2.64. The van der Waals surface area contributed by atoms with Gasteiger partial charge in [-0.1, -0.05) is 12.1 Å². The maximum atomic E-state index is 12.3. The van der Waals surface area contributed by atoms with Gasteiger partial charge in [0, 0.05) is 18.0 Å². The molecule has 1 N–H and O–H groups in total. The van der Waals surface area contributed by atoms with Crippen LogP contribution in [-0.2, 0) is 6.54 Å². The Morgan fingerprint density at radius 2 is 2.00 bits per heavy atom. The minimum absolute atomic E-state index is 0.317. The van der Waals surface area contributed by atoms with Gasteiger partial charge in [-0.05, 0) is 49.4 Å². The normalized spacial score (nSPS) is 20.1. The highest BCUT2D eigenvalue weighted by Gasteiger charge is 2.34. The van der Waals surface area contributed by atoms with E-state index >= 15 is 0 Å². The number of alkyl halides is 3. The van der Waals surface area contributed by atoms with Crippen LogP contribution in [0.2, 0.25) is 0 Å². The van der Waals surface area contributed by atoms with Crippen molar-refractivity contribution in [3.63, 3.8) is 0 Å². The van der Waals surface area contributed by atoms with Gasteiger partial charge in [-0.2, -0.15) is 13.2 Å². The number of hydrogen-bond acceptors (Lipinski definition) is 3. The van der Waals surface area contributed by atoms with Gasteiger partial charge in [0.2, 0.25) is 0 Å². The van der Waals surface area contributed by atoms with Crippen molar-refractivity contribution >= 4 is 11.8 Å². The Balaban J connectivity index is 1.67. The van der Waals surface area contributed by atoms with E-state index in [0.717, 1.165) is 19.5 Å². The molecule has 1 aliphatic heterocycles. The van der Waals surface area contributed by atoms with Crippen LogP contribution in [0.5, 0.6) is 0 Å². The second-order valence-electron chi connectivity index (χ2n) is 5.48. The molecule has 118 valence electrons. The molecule has 1 heterocycles. The fraction of sp³-hybridized carbons (Fsp3) is 0.600. The third kappa shape index (κ3) is 5.88. The molecule has 0 amide bonds. The molecule has 0 aliphatic carbocycles. The van der Waals surface area contributed by atoms with E-state index < -0.39 is 12.7 Å². The van der Waals surface area contributed by atoms with Gasteiger partial charge in [0.05, 0.1) is 6.54 Å². The summed E-state index contributed by atoms with van der Waals surface area (Å²) in [6.07, 6.45) is -1.20. The zero-order chi connectivity index (χ0) is 15.3. The molecule has 0 aromatic heterocycles. The maximum absolute atomic E-state index is 12.3. The number of benzene rings is 1. The van der Waals surface area contributed by atoms with Gasteiger partial charge in [-0.25, -0.2) is 0 Å². The Labute approximate surface area is 128 Å². The van der Waals surface area contributed by atoms with Crippen LogP contribution in [0.4, 0.5) is 13.2 Å². The molecule has 1 unspecified atom stereocenters. The first-order valence-corrected chi connectivity index (χ1v) is 8.31. The summed E-state index contributed by atoms with van der Waals surface area (Å²) in [6.45, 7) is 1.86. The molecule has 21 heavy (non-hydrogen) atoms. The number of halogens is 3. The van der Waals surface area contributed by atoms with E-state index in [1.807, 2.05) is 6.26 Å². The summed E-state index contributed by atoms with van der Waals surface area (Å²) < 4.78 is 36.9. The van der Waals surface area contributed by atoms with E-state index in [0.29, 0.717) is 19.0 Å². The highest BCUT2D eigenvalue weighted by atomic mass is 32.2. The monoisotopic (exact) mass is 318 g/mol. The molecule has 1 atom stereocenters. The molecule has 1 saturated heterocycles. The van der Waals surface area contributed by atoms with E-state index in [4.69, 9.17) is 0 Å². The molecule has 2 rings (SSSR count). The van der Waals surface area contributed by atoms with Crippen LogP contribution in [-0.4, -0.2) is 43.5 Å². The highest BCUT2D eigenvalue weighted by Crippen LogP contribution is 2.22. The highest BCUT2D eigenvalue weighted by molar-refractivity contribution is 7.98. The molecular formula is C15H21F3N2S. The SMILES string of the molecule is CSc1ccc(CNCC2CCN(CC(F)(F)F)C2)cc1. The first kappa shape index (κ1) is 16.6. The molecule has 0 radical (unpaired) electrons. The van der Waals surface area contributed by atoms with Gasteiger partial charge in [-0.15, -0.1) is 11.8 Å². The molecule has 0 bridgehead atoms. The first-order chi connectivity index (χ1) is 9.96. The summed E-state index contributed by atoms with van der Waals surface area (Å²) in [7, 11) is 0. The van der Waals surface area contributed by atoms with Gasteiger partial charge in [-0.3, -0.25) is 4.90 Å². The minimum atomic E-state index is -4.08. The molecule has 2 nitrogen and oxygen atoms in total. The lowest BCUT2D eigenvalue weighted by atomic mass is 10.1. The summed E-state index contributed by atoms with van der Waals surface area (Å²) in [5.74, 6) is 0.317. The lowest BCUT2D eigenvalue weighted by Gasteiger charge is -2.18. The lowest BCUT2D eigenvalue weighted by Crippen LogP contribution is -2.33. The zero-order valence-electron chi connectivity index (χ0n) is 12.1. The van der Waals surface area contributed by atoms with Crippen LogP contribution in [0, 0.1) is 5.92 Å². The van der Waals surface area contributed by atoms with Crippen molar-refractivity contribution in [2.24, 2.45) is 5.92 Å². The van der Waals surface area contributed by atoms with E-state index in [-0.39, 0.29) is 0 Å². The molecule has 1 aliphatic rings. The van der Waals surface area contributed by atoms with E-state index in [2.05, 4.69) is 29.6 Å². The molecule has 0 saturated carbocycles. The summed E-state index contributed by atoms with van der Waals surface area (Å²) in [6, 6.07) is 8.34. The van der Waals surface area contributed by atoms with Crippen molar-refractivity contribution in [3.8, 4) is 0 Å². The number of rotatable bonds is 6. The summed E-state index contributed by atoms with van der Waals surface area (Å²) in [5.41, 5.74) is 1.21. The Morgan fingerprint density at radius 1 is 1.29 bits per heavy atom. The lowest BCUT2D eigenvalue weighted by molar-refractivity contribution is -0.143. The van der Waals surface area contributed by atoms with Crippen LogP contribution in [0.15, 0.2) is 29.2 Å². The third-order valence-corrected chi connectivity index (χ3v) is 4.44. The fourth-order valence-corrected chi connectivity index (χ4v) is 3.05. The zero-order valence-corrected chi connectivity index (χ0v) is 12.9. The second kappa shape index (κ2) is 7.51. The van der Waals surface area contributed by atoms with E-state index in [1.165, 1.54) is 15.4 Å².